The van der Waals surface area contributed by atoms with Crippen molar-refractivity contribution >= 4 is 23.1 Å². The van der Waals surface area contributed by atoms with Gasteiger partial charge < -0.3 is 10.6 Å². The molecule has 0 fully saturated rings. The van der Waals surface area contributed by atoms with Crippen molar-refractivity contribution in [2.45, 2.75) is 26.7 Å². The standard InChI is InChI=1S/C14H20N2OS/c1-10-4-5-12(8-11(10)2)9-14(17)16(3)7-6-13(15)18/h4-5,8H,6-7,9H2,1-3H3,(H2,15,18). The van der Waals surface area contributed by atoms with Gasteiger partial charge in [0.15, 0.2) is 0 Å². The van der Waals surface area contributed by atoms with Gasteiger partial charge in [-0.1, -0.05) is 30.4 Å². The molecular weight excluding hydrogens is 244 g/mol. The summed E-state index contributed by atoms with van der Waals surface area (Å²) in [5.74, 6) is 0.0921. The molecule has 2 N–H and O–H groups in total. The third kappa shape index (κ3) is 4.45. The predicted octanol–water partition coefficient (Wildman–Crippen LogP) is 1.98. The molecule has 3 nitrogen and oxygen atoms in total. The van der Waals surface area contributed by atoms with Gasteiger partial charge in [0.25, 0.3) is 0 Å². The molecule has 0 saturated carbocycles. The minimum atomic E-state index is 0.0921. The lowest BCUT2D eigenvalue weighted by Gasteiger charge is -2.17. The van der Waals surface area contributed by atoms with Crippen LogP contribution in [0, 0.1) is 13.8 Å². The zero-order valence-electron chi connectivity index (χ0n) is 11.2. The summed E-state index contributed by atoms with van der Waals surface area (Å²) in [6, 6.07) is 6.11. The molecule has 0 bridgehead atoms. The maximum absolute atomic E-state index is 12.0. The van der Waals surface area contributed by atoms with E-state index in [1.54, 1.807) is 11.9 Å². The van der Waals surface area contributed by atoms with Crippen LogP contribution >= 0.6 is 12.2 Å². The molecule has 1 rings (SSSR count). The van der Waals surface area contributed by atoms with Gasteiger partial charge in [0, 0.05) is 20.0 Å². The number of benzene rings is 1. The van der Waals surface area contributed by atoms with Crippen LogP contribution in [-0.4, -0.2) is 29.4 Å². The Labute approximate surface area is 114 Å². The van der Waals surface area contributed by atoms with Crippen molar-refractivity contribution in [3.63, 3.8) is 0 Å². The fourth-order valence-electron chi connectivity index (χ4n) is 1.63. The van der Waals surface area contributed by atoms with E-state index in [-0.39, 0.29) is 5.91 Å². The van der Waals surface area contributed by atoms with Gasteiger partial charge in [-0.05, 0) is 30.5 Å². The zero-order chi connectivity index (χ0) is 13.7. The number of nitrogens with zero attached hydrogens (tertiary/aromatic N) is 1. The monoisotopic (exact) mass is 264 g/mol. The van der Waals surface area contributed by atoms with E-state index in [0.717, 1.165) is 5.56 Å². The predicted molar refractivity (Wildman–Crippen MR) is 78.7 cm³/mol. The van der Waals surface area contributed by atoms with Crippen LogP contribution in [0.25, 0.3) is 0 Å². The summed E-state index contributed by atoms with van der Waals surface area (Å²) in [4.78, 5) is 14.1. The zero-order valence-corrected chi connectivity index (χ0v) is 12.0. The van der Waals surface area contributed by atoms with Crippen LogP contribution < -0.4 is 5.73 Å². The van der Waals surface area contributed by atoms with Crippen molar-refractivity contribution in [1.82, 2.24) is 4.90 Å². The number of amides is 1. The number of aryl methyl sites for hydroxylation is 2. The highest BCUT2D eigenvalue weighted by Crippen LogP contribution is 2.11. The summed E-state index contributed by atoms with van der Waals surface area (Å²) in [5, 5.41) is 0. The van der Waals surface area contributed by atoms with E-state index in [1.807, 2.05) is 12.1 Å². The van der Waals surface area contributed by atoms with Gasteiger partial charge in [-0.15, -0.1) is 0 Å². The number of carbonyl (C=O) groups excluding carboxylic acids is 1. The lowest BCUT2D eigenvalue weighted by Crippen LogP contribution is -2.31. The highest BCUT2D eigenvalue weighted by atomic mass is 32.1. The van der Waals surface area contributed by atoms with E-state index in [9.17, 15) is 4.79 Å². The largest absolute Gasteiger partial charge is 0.393 e. The van der Waals surface area contributed by atoms with Gasteiger partial charge in [0.05, 0.1) is 11.4 Å². The van der Waals surface area contributed by atoms with E-state index < -0.39 is 0 Å². The molecular formula is C14H20N2OS. The highest BCUT2D eigenvalue weighted by molar-refractivity contribution is 7.80. The quantitative estimate of drug-likeness (QED) is 0.827. The van der Waals surface area contributed by atoms with E-state index in [2.05, 4.69) is 19.9 Å². The van der Waals surface area contributed by atoms with Crippen LogP contribution in [0.1, 0.15) is 23.1 Å². The molecule has 0 aliphatic heterocycles. The molecule has 0 heterocycles. The first-order valence-corrected chi connectivity index (χ1v) is 6.39. The number of rotatable bonds is 5. The summed E-state index contributed by atoms with van der Waals surface area (Å²) in [5.41, 5.74) is 8.93. The second kappa shape index (κ2) is 6.50. The van der Waals surface area contributed by atoms with Crippen LogP contribution in [-0.2, 0) is 11.2 Å². The van der Waals surface area contributed by atoms with Crippen LogP contribution in [0.5, 0.6) is 0 Å². The molecule has 0 unspecified atom stereocenters. The van der Waals surface area contributed by atoms with Gasteiger partial charge in [0.1, 0.15) is 0 Å². The molecule has 0 saturated heterocycles. The van der Waals surface area contributed by atoms with E-state index in [4.69, 9.17) is 18.0 Å². The minimum Gasteiger partial charge on any atom is -0.393 e. The maximum Gasteiger partial charge on any atom is 0.226 e. The van der Waals surface area contributed by atoms with Gasteiger partial charge in [0.2, 0.25) is 5.91 Å². The Morgan fingerprint density at radius 3 is 2.56 bits per heavy atom. The second-order valence-corrected chi connectivity index (χ2v) is 5.15. The Kier molecular flexibility index (Phi) is 5.28. The minimum absolute atomic E-state index is 0.0921. The molecule has 0 atom stereocenters. The normalized spacial score (nSPS) is 10.2. The number of hydrogen-bond acceptors (Lipinski definition) is 2. The Morgan fingerprint density at radius 2 is 2.00 bits per heavy atom. The topological polar surface area (TPSA) is 46.3 Å². The summed E-state index contributed by atoms with van der Waals surface area (Å²) in [6.07, 6.45) is 0.999. The Balaban J connectivity index is 2.58. The molecule has 1 aromatic carbocycles. The highest BCUT2D eigenvalue weighted by Gasteiger charge is 2.10. The number of nitrogens with two attached hydrogens (primary N) is 1. The first-order valence-electron chi connectivity index (χ1n) is 5.98. The van der Waals surface area contributed by atoms with Crippen LogP contribution in [0.15, 0.2) is 18.2 Å². The van der Waals surface area contributed by atoms with Gasteiger partial charge in [-0.2, -0.15) is 0 Å². The Hall–Kier alpha value is -1.42. The average Bonchev–Trinajstić information content (AvgIpc) is 2.30. The van der Waals surface area contributed by atoms with Gasteiger partial charge in [-0.3, -0.25) is 4.79 Å². The van der Waals surface area contributed by atoms with E-state index >= 15 is 0 Å². The molecule has 0 aliphatic carbocycles. The van der Waals surface area contributed by atoms with Crippen molar-refractivity contribution in [3.8, 4) is 0 Å². The number of thiocarbonyl (C=S) groups is 1. The lowest BCUT2D eigenvalue weighted by atomic mass is 10.0. The molecule has 0 radical (unpaired) electrons. The average molecular weight is 264 g/mol. The van der Waals surface area contributed by atoms with E-state index in [1.165, 1.54) is 11.1 Å². The number of carbonyl (C=O) groups is 1. The van der Waals surface area contributed by atoms with Crippen molar-refractivity contribution < 1.29 is 4.79 Å². The van der Waals surface area contributed by atoms with Crippen molar-refractivity contribution in [3.05, 3.63) is 34.9 Å². The first kappa shape index (κ1) is 14.6. The van der Waals surface area contributed by atoms with Crippen LogP contribution in [0.4, 0.5) is 0 Å². The molecule has 0 aromatic heterocycles. The van der Waals surface area contributed by atoms with Crippen molar-refractivity contribution in [1.29, 1.82) is 0 Å². The molecule has 4 heteroatoms. The van der Waals surface area contributed by atoms with Gasteiger partial charge in [-0.25, -0.2) is 0 Å². The molecule has 0 spiro atoms. The summed E-state index contributed by atoms with van der Waals surface area (Å²) < 4.78 is 0. The molecule has 1 amide bonds. The van der Waals surface area contributed by atoms with Crippen molar-refractivity contribution in [2.75, 3.05) is 13.6 Å². The Morgan fingerprint density at radius 1 is 1.33 bits per heavy atom. The molecule has 98 valence electrons. The molecule has 0 aliphatic rings. The van der Waals surface area contributed by atoms with E-state index in [0.29, 0.717) is 24.4 Å². The summed E-state index contributed by atoms with van der Waals surface area (Å²) >= 11 is 4.80. The second-order valence-electron chi connectivity index (χ2n) is 4.63. The number of hydrogen-bond donors (Lipinski definition) is 1. The van der Waals surface area contributed by atoms with Gasteiger partial charge >= 0.3 is 0 Å². The fourth-order valence-corrected chi connectivity index (χ4v) is 1.72. The van der Waals surface area contributed by atoms with Crippen LogP contribution in [0.3, 0.4) is 0 Å². The third-order valence-corrected chi connectivity index (χ3v) is 3.25. The lowest BCUT2D eigenvalue weighted by molar-refractivity contribution is -0.129. The maximum atomic E-state index is 12.0. The molecule has 18 heavy (non-hydrogen) atoms. The third-order valence-electron chi connectivity index (χ3n) is 3.05. The summed E-state index contributed by atoms with van der Waals surface area (Å²) in [7, 11) is 1.78. The summed E-state index contributed by atoms with van der Waals surface area (Å²) in [6.45, 7) is 4.70. The fraction of sp³-hybridized carbons (Fsp3) is 0.429. The molecule has 1 aromatic rings. The smallest absolute Gasteiger partial charge is 0.226 e. The van der Waals surface area contributed by atoms with Crippen LogP contribution in [0.2, 0.25) is 0 Å². The SMILES string of the molecule is Cc1ccc(CC(=O)N(C)CCC(N)=S)cc1C. The first-order chi connectivity index (χ1) is 8.40. The van der Waals surface area contributed by atoms with Crippen molar-refractivity contribution in [2.24, 2.45) is 5.73 Å². The number of likely N-dealkylation sites (N-methyl/N-ethyl adjacent to an activating group) is 1. The Bertz CT molecular complexity index is 457.